The number of nitrogen functional groups attached to an aromatic ring is 1. The van der Waals surface area contributed by atoms with Crippen LogP contribution in [0.15, 0.2) is 30.3 Å². The monoisotopic (exact) mass is 300 g/mol. The van der Waals surface area contributed by atoms with Crippen LogP contribution < -0.4 is 11.1 Å². The van der Waals surface area contributed by atoms with Gasteiger partial charge in [0.1, 0.15) is 0 Å². The van der Waals surface area contributed by atoms with Crippen molar-refractivity contribution in [3.8, 4) is 0 Å². The zero-order valence-corrected chi connectivity index (χ0v) is 11.9. The lowest BCUT2D eigenvalue weighted by molar-refractivity contribution is 1.43. The van der Waals surface area contributed by atoms with Crippen molar-refractivity contribution in [1.29, 1.82) is 0 Å². The van der Waals surface area contributed by atoms with Crippen LogP contribution >= 0.6 is 34.8 Å². The predicted octanol–water partition coefficient (Wildman–Crippen LogP) is 5.28. The summed E-state index contributed by atoms with van der Waals surface area (Å²) >= 11 is 18.1. The quantitative estimate of drug-likeness (QED) is 0.740. The van der Waals surface area contributed by atoms with Crippen molar-refractivity contribution in [1.82, 2.24) is 0 Å². The molecule has 18 heavy (non-hydrogen) atoms. The SMILES string of the molecule is Cc1cc(Cl)ccc1Nc1c(Cl)cc(N)cc1Cl. The van der Waals surface area contributed by atoms with Crippen LogP contribution in [0.5, 0.6) is 0 Å². The number of anilines is 3. The first-order valence-electron chi connectivity index (χ1n) is 5.25. The number of halogens is 3. The van der Waals surface area contributed by atoms with E-state index in [0.29, 0.717) is 26.4 Å². The molecule has 0 aliphatic heterocycles. The van der Waals surface area contributed by atoms with E-state index in [4.69, 9.17) is 40.5 Å². The van der Waals surface area contributed by atoms with Crippen LogP contribution in [0.2, 0.25) is 15.1 Å². The highest BCUT2D eigenvalue weighted by atomic mass is 35.5. The Morgan fingerprint density at radius 2 is 1.61 bits per heavy atom. The van der Waals surface area contributed by atoms with Gasteiger partial charge in [0.2, 0.25) is 0 Å². The number of aryl methyl sites for hydroxylation is 1. The number of hydrogen-bond donors (Lipinski definition) is 2. The second-order valence-electron chi connectivity index (χ2n) is 3.94. The number of hydrogen-bond acceptors (Lipinski definition) is 2. The maximum atomic E-state index is 6.12. The van der Waals surface area contributed by atoms with E-state index in [0.717, 1.165) is 11.3 Å². The van der Waals surface area contributed by atoms with Gasteiger partial charge in [0.25, 0.3) is 0 Å². The van der Waals surface area contributed by atoms with Crippen molar-refractivity contribution in [2.75, 3.05) is 11.1 Å². The van der Waals surface area contributed by atoms with Gasteiger partial charge in [-0.3, -0.25) is 0 Å². The minimum Gasteiger partial charge on any atom is -0.399 e. The Balaban J connectivity index is 2.40. The van der Waals surface area contributed by atoms with Gasteiger partial charge in [0, 0.05) is 16.4 Å². The molecule has 2 aromatic carbocycles. The van der Waals surface area contributed by atoms with Crippen LogP contribution in [0, 0.1) is 6.92 Å². The van der Waals surface area contributed by atoms with Gasteiger partial charge in [-0.15, -0.1) is 0 Å². The summed E-state index contributed by atoms with van der Waals surface area (Å²) in [6.07, 6.45) is 0. The fraction of sp³-hybridized carbons (Fsp3) is 0.0769. The van der Waals surface area contributed by atoms with Crippen LogP contribution in [0.25, 0.3) is 0 Å². The van der Waals surface area contributed by atoms with Crippen LogP contribution in [-0.2, 0) is 0 Å². The number of benzene rings is 2. The van der Waals surface area contributed by atoms with E-state index in [1.54, 1.807) is 18.2 Å². The van der Waals surface area contributed by atoms with Crippen molar-refractivity contribution >= 4 is 51.9 Å². The molecule has 0 aliphatic carbocycles. The lowest BCUT2D eigenvalue weighted by atomic mass is 10.2. The topological polar surface area (TPSA) is 38.0 Å². The molecule has 0 saturated heterocycles. The van der Waals surface area contributed by atoms with E-state index in [-0.39, 0.29) is 0 Å². The Morgan fingerprint density at radius 3 is 2.17 bits per heavy atom. The Hall–Kier alpha value is -1.09. The first-order valence-corrected chi connectivity index (χ1v) is 6.38. The summed E-state index contributed by atoms with van der Waals surface area (Å²) in [5.74, 6) is 0. The minimum absolute atomic E-state index is 0.481. The Kier molecular flexibility index (Phi) is 3.91. The third kappa shape index (κ3) is 2.83. The van der Waals surface area contributed by atoms with Gasteiger partial charge in [-0.05, 0) is 42.8 Å². The van der Waals surface area contributed by atoms with Gasteiger partial charge < -0.3 is 11.1 Å². The third-order valence-corrected chi connectivity index (χ3v) is 3.34. The van der Waals surface area contributed by atoms with E-state index < -0.39 is 0 Å². The highest BCUT2D eigenvalue weighted by Gasteiger charge is 2.09. The summed E-state index contributed by atoms with van der Waals surface area (Å²) in [5, 5.41) is 4.83. The molecule has 2 rings (SSSR count). The van der Waals surface area contributed by atoms with Crippen molar-refractivity contribution in [2.45, 2.75) is 6.92 Å². The molecule has 0 saturated carbocycles. The second-order valence-corrected chi connectivity index (χ2v) is 5.19. The molecule has 0 bridgehead atoms. The standard InChI is InChI=1S/C13H11Cl3N2/c1-7-4-8(14)2-3-12(7)18-13-10(15)5-9(17)6-11(13)16/h2-6,18H,17H2,1H3. The molecule has 0 spiro atoms. The highest BCUT2D eigenvalue weighted by molar-refractivity contribution is 6.39. The molecule has 0 radical (unpaired) electrons. The number of rotatable bonds is 2. The smallest absolute Gasteiger partial charge is 0.0764 e. The largest absolute Gasteiger partial charge is 0.399 e. The van der Waals surface area contributed by atoms with Gasteiger partial charge in [-0.2, -0.15) is 0 Å². The van der Waals surface area contributed by atoms with Crippen molar-refractivity contribution in [2.24, 2.45) is 0 Å². The molecular formula is C13H11Cl3N2. The third-order valence-electron chi connectivity index (χ3n) is 2.51. The molecule has 2 nitrogen and oxygen atoms in total. The molecule has 0 unspecified atom stereocenters. The van der Waals surface area contributed by atoms with Crippen molar-refractivity contribution in [3.05, 3.63) is 51.0 Å². The first kappa shape index (κ1) is 13.3. The fourth-order valence-corrected chi connectivity index (χ4v) is 2.44. The van der Waals surface area contributed by atoms with Gasteiger partial charge in [-0.1, -0.05) is 34.8 Å². The van der Waals surface area contributed by atoms with Crippen molar-refractivity contribution in [3.63, 3.8) is 0 Å². The van der Waals surface area contributed by atoms with Gasteiger partial charge in [0.05, 0.1) is 15.7 Å². The lowest BCUT2D eigenvalue weighted by Gasteiger charge is -2.13. The molecule has 94 valence electrons. The number of nitrogens with two attached hydrogens (primary N) is 1. The average molecular weight is 302 g/mol. The lowest BCUT2D eigenvalue weighted by Crippen LogP contribution is -1.96. The van der Waals surface area contributed by atoms with Gasteiger partial charge >= 0.3 is 0 Å². The van der Waals surface area contributed by atoms with E-state index >= 15 is 0 Å². The highest BCUT2D eigenvalue weighted by Crippen LogP contribution is 2.36. The second kappa shape index (κ2) is 5.27. The summed E-state index contributed by atoms with van der Waals surface area (Å²) in [6, 6.07) is 8.85. The molecular weight excluding hydrogens is 291 g/mol. The molecule has 0 amide bonds. The first-order chi connectivity index (χ1) is 8.47. The molecule has 0 heterocycles. The molecule has 0 fully saturated rings. The molecule has 2 aromatic rings. The maximum Gasteiger partial charge on any atom is 0.0764 e. The van der Waals surface area contributed by atoms with E-state index in [1.165, 1.54) is 0 Å². The zero-order valence-electron chi connectivity index (χ0n) is 9.60. The van der Waals surface area contributed by atoms with Crippen molar-refractivity contribution < 1.29 is 0 Å². The Bertz CT molecular complexity index is 574. The fourth-order valence-electron chi connectivity index (χ4n) is 1.61. The van der Waals surface area contributed by atoms with Crippen LogP contribution in [0.4, 0.5) is 17.1 Å². The molecule has 0 aliphatic rings. The normalized spacial score (nSPS) is 10.4. The van der Waals surface area contributed by atoms with Gasteiger partial charge in [-0.25, -0.2) is 0 Å². The summed E-state index contributed by atoms with van der Waals surface area (Å²) in [6.45, 7) is 1.95. The zero-order chi connectivity index (χ0) is 13.3. The molecule has 5 heteroatoms. The molecule has 3 N–H and O–H groups in total. The summed E-state index contributed by atoms with van der Waals surface area (Å²) in [5.41, 5.74) is 8.73. The maximum absolute atomic E-state index is 6.12. The van der Waals surface area contributed by atoms with Crippen LogP contribution in [0.1, 0.15) is 5.56 Å². The summed E-state index contributed by atoms with van der Waals surface area (Å²) < 4.78 is 0. The molecule has 0 atom stereocenters. The van der Waals surface area contributed by atoms with E-state index in [9.17, 15) is 0 Å². The van der Waals surface area contributed by atoms with E-state index in [1.807, 2.05) is 19.1 Å². The Labute approximate surface area is 121 Å². The average Bonchev–Trinajstić information content (AvgIpc) is 2.25. The predicted molar refractivity (Wildman–Crippen MR) is 80.3 cm³/mol. The van der Waals surface area contributed by atoms with Crippen LogP contribution in [-0.4, -0.2) is 0 Å². The minimum atomic E-state index is 0.481. The summed E-state index contributed by atoms with van der Waals surface area (Å²) in [7, 11) is 0. The number of nitrogens with one attached hydrogen (secondary N) is 1. The van der Waals surface area contributed by atoms with Gasteiger partial charge in [0.15, 0.2) is 0 Å². The molecule has 0 aromatic heterocycles. The Morgan fingerprint density at radius 1 is 1.00 bits per heavy atom. The summed E-state index contributed by atoms with van der Waals surface area (Å²) in [4.78, 5) is 0. The van der Waals surface area contributed by atoms with Crippen LogP contribution in [0.3, 0.4) is 0 Å². The van der Waals surface area contributed by atoms with E-state index in [2.05, 4.69) is 5.32 Å².